The Morgan fingerprint density at radius 2 is 1.38 bits per heavy atom. The fourth-order valence-electron chi connectivity index (χ4n) is 2.55. The Bertz CT molecular complexity index is 345. The second kappa shape index (κ2) is 23.3. The lowest BCUT2D eigenvalue weighted by molar-refractivity contribution is 0.0324. The summed E-state index contributed by atoms with van der Waals surface area (Å²) in [5.74, 6) is 1.14. The van der Waals surface area contributed by atoms with Gasteiger partial charge < -0.3 is 34.6 Å². The maximum absolute atomic E-state index is 8.34. The van der Waals surface area contributed by atoms with E-state index in [9.17, 15) is 0 Å². The largest absolute Gasteiger partial charge is 0.394 e. The Balaban J connectivity index is 0.000000411. The maximum atomic E-state index is 8.34. The van der Waals surface area contributed by atoms with Crippen LogP contribution in [0.2, 0.25) is 0 Å². The van der Waals surface area contributed by atoms with Crippen molar-refractivity contribution in [3.05, 3.63) is 0 Å². The smallest absolute Gasteiger partial charge is 0.193 e. The molecule has 2 aliphatic rings. The van der Waals surface area contributed by atoms with Crippen LogP contribution in [0.4, 0.5) is 0 Å². The summed E-state index contributed by atoms with van der Waals surface area (Å²) < 4.78 is 15.2. The molecule has 0 bridgehead atoms. The fourth-order valence-corrected chi connectivity index (χ4v) is 2.55. The lowest BCUT2D eigenvalue weighted by Gasteiger charge is -2.33. The molecular weight excluding hydrogens is 374 g/mol. The summed E-state index contributed by atoms with van der Waals surface area (Å²) in [6.45, 7) is 12.7. The average Bonchev–Trinajstić information content (AvgIpc) is 2.77. The Morgan fingerprint density at radius 3 is 1.93 bits per heavy atom. The van der Waals surface area contributed by atoms with Crippen molar-refractivity contribution in [2.24, 2.45) is 4.99 Å². The van der Waals surface area contributed by atoms with E-state index in [0.717, 1.165) is 57.9 Å². The van der Waals surface area contributed by atoms with Gasteiger partial charge in [0.15, 0.2) is 5.96 Å². The van der Waals surface area contributed by atoms with Gasteiger partial charge in [-0.05, 0) is 25.7 Å². The molecule has 0 spiro atoms. The molecule has 8 nitrogen and oxygen atoms in total. The second-order valence-electron chi connectivity index (χ2n) is 6.82. The van der Waals surface area contributed by atoms with E-state index >= 15 is 0 Å². The third-order valence-corrected chi connectivity index (χ3v) is 4.16. The van der Waals surface area contributed by atoms with Crippen LogP contribution in [0.3, 0.4) is 0 Å². The van der Waals surface area contributed by atoms with E-state index < -0.39 is 0 Å². The Labute approximate surface area is 177 Å². The fraction of sp³-hybridized carbons (Fsp3) is 0.952. The van der Waals surface area contributed by atoms with Gasteiger partial charge in [0.25, 0.3) is 0 Å². The van der Waals surface area contributed by atoms with E-state index in [2.05, 4.69) is 29.1 Å². The summed E-state index contributed by atoms with van der Waals surface area (Å²) in [4.78, 5) is 6.72. The molecule has 174 valence electrons. The third kappa shape index (κ3) is 18.8. The predicted molar refractivity (Wildman–Crippen MR) is 118 cm³/mol. The highest BCUT2D eigenvalue weighted by molar-refractivity contribution is 5.81. The monoisotopic (exact) mass is 419 g/mol. The molecule has 0 unspecified atom stereocenters. The average molecular weight is 420 g/mol. The molecule has 0 amide bonds. The van der Waals surface area contributed by atoms with Crippen LogP contribution >= 0.6 is 0 Å². The minimum atomic E-state index is 0.0922. The number of nitrogens with one attached hydrogen (secondary N) is 1. The zero-order chi connectivity index (χ0) is 21.4. The van der Waals surface area contributed by atoms with E-state index in [-0.39, 0.29) is 13.2 Å². The normalized spacial score (nSPS) is 15.2. The molecule has 0 radical (unpaired) electrons. The van der Waals surface area contributed by atoms with Crippen LogP contribution in [0, 0.1) is 0 Å². The van der Waals surface area contributed by atoms with Crippen LogP contribution < -0.4 is 5.32 Å². The number of rotatable bonds is 13. The molecule has 0 aliphatic carbocycles. The zero-order valence-electron chi connectivity index (χ0n) is 18.7. The van der Waals surface area contributed by atoms with Gasteiger partial charge in [-0.15, -0.1) is 0 Å². The molecule has 0 aromatic heterocycles. The summed E-state index contributed by atoms with van der Waals surface area (Å²) in [7, 11) is 0. The summed E-state index contributed by atoms with van der Waals surface area (Å²) >= 11 is 0. The number of hydrogen-bond donors (Lipinski definition) is 3. The third-order valence-electron chi connectivity index (χ3n) is 4.16. The quantitative estimate of drug-likeness (QED) is 0.391. The highest BCUT2D eigenvalue weighted by Gasteiger charge is 2.17. The number of nitrogens with zero attached hydrogens (tertiary/aromatic N) is 2. The van der Waals surface area contributed by atoms with Gasteiger partial charge in [0, 0.05) is 39.4 Å². The number of guanidine groups is 1. The minimum absolute atomic E-state index is 0.0922. The van der Waals surface area contributed by atoms with Gasteiger partial charge in [-0.25, -0.2) is 0 Å². The summed E-state index contributed by atoms with van der Waals surface area (Å²) in [5.41, 5.74) is 0. The topological polar surface area (TPSA) is 95.8 Å². The molecule has 1 fully saturated rings. The van der Waals surface area contributed by atoms with Crippen LogP contribution in [0.25, 0.3) is 0 Å². The number of fused-ring (bicyclic) bond motifs is 1. The van der Waals surface area contributed by atoms with Crippen LogP contribution in [0.5, 0.6) is 0 Å². The first-order valence-electron chi connectivity index (χ1n) is 11.3. The number of aliphatic hydroxyl groups is 2. The van der Waals surface area contributed by atoms with Crippen molar-refractivity contribution in [3.63, 3.8) is 0 Å². The maximum Gasteiger partial charge on any atom is 0.193 e. The van der Waals surface area contributed by atoms with Crippen molar-refractivity contribution in [2.75, 3.05) is 79.0 Å². The lowest BCUT2D eigenvalue weighted by atomic mass is 10.2. The molecule has 0 aromatic carbocycles. The summed E-state index contributed by atoms with van der Waals surface area (Å²) in [6.07, 6.45) is 7.02. The standard InChI is InChI=1S/C8H18O3.C7H13N3.C6H14O2/c1-2-3-5-10-7-8-11-6-4-9;1-3-8-7-9-4-2-6-10(7)5-1;1-2-3-5-8-6-4-7/h9H,2-8H2,1H3;1-6H2,(H,8,9);7H,2-6H2,1H3. The molecular formula is C21H45N3O5. The van der Waals surface area contributed by atoms with Gasteiger partial charge in [0.05, 0.1) is 39.6 Å². The van der Waals surface area contributed by atoms with Crippen molar-refractivity contribution in [2.45, 2.75) is 52.4 Å². The van der Waals surface area contributed by atoms with Crippen molar-refractivity contribution in [1.82, 2.24) is 10.2 Å². The van der Waals surface area contributed by atoms with Gasteiger partial charge in [0.1, 0.15) is 0 Å². The molecule has 2 aliphatic heterocycles. The highest BCUT2D eigenvalue weighted by Crippen LogP contribution is 2.05. The molecule has 1 saturated heterocycles. The van der Waals surface area contributed by atoms with E-state index in [1.807, 2.05) is 0 Å². The highest BCUT2D eigenvalue weighted by atomic mass is 16.5. The molecule has 29 heavy (non-hydrogen) atoms. The summed E-state index contributed by atoms with van der Waals surface area (Å²) in [6, 6.07) is 0. The minimum Gasteiger partial charge on any atom is -0.394 e. The Morgan fingerprint density at radius 1 is 0.828 bits per heavy atom. The first-order chi connectivity index (χ1) is 14.3. The first-order valence-corrected chi connectivity index (χ1v) is 11.3. The van der Waals surface area contributed by atoms with Crippen LogP contribution in [-0.2, 0) is 14.2 Å². The molecule has 2 rings (SSSR count). The van der Waals surface area contributed by atoms with E-state index in [0.29, 0.717) is 26.4 Å². The van der Waals surface area contributed by atoms with Gasteiger partial charge in [0.2, 0.25) is 0 Å². The molecule has 0 atom stereocenters. The number of aliphatic hydroxyl groups excluding tert-OH is 2. The molecule has 0 aromatic rings. The van der Waals surface area contributed by atoms with E-state index in [1.54, 1.807) is 0 Å². The second-order valence-corrected chi connectivity index (χ2v) is 6.82. The van der Waals surface area contributed by atoms with Crippen molar-refractivity contribution >= 4 is 5.96 Å². The molecule has 0 saturated carbocycles. The van der Waals surface area contributed by atoms with Crippen molar-refractivity contribution < 1.29 is 24.4 Å². The first kappa shape index (κ1) is 28.1. The van der Waals surface area contributed by atoms with Crippen LogP contribution in [-0.4, -0.2) is 100 Å². The zero-order valence-corrected chi connectivity index (χ0v) is 18.7. The number of ether oxygens (including phenoxy) is 3. The van der Waals surface area contributed by atoms with Crippen molar-refractivity contribution in [3.8, 4) is 0 Å². The summed E-state index contributed by atoms with van der Waals surface area (Å²) in [5, 5.41) is 19.9. The van der Waals surface area contributed by atoms with Gasteiger partial charge >= 0.3 is 0 Å². The number of hydrogen-bond acceptors (Lipinski definition) is 8. The van der Waals surface area contributed by atoms with Gasteiger partial charge in [-0.1, -0.05) is 26.7 Å². The lowest BCUT2D eigenvalue weighted by Crippen LogP contribution is -2.49. The molecule has 2 heterocycles. The Hall–Kier alpha value is -0.930. The van der Waals surface area contributed by atoms with Crippen LogP contribution in [0.15, 0.2) is 4.99 Å². The van der Waals surface area contributed by atoms with Crippen LogP contribution in [0.1, 0.15) is 52.4 Å². The SMILES string of the molecule is C1CN=C2NCCCN2C1.CCCCOCCO.CCCCOCCOCCO. The molecule has 8 heteroatoms. The van der Waals surface area contributed by atoms with Gasteiger partial charge in [-0.3, -0.25) is 4.99 Å². The molecule has 3 N–H and O–H groups in total. The van der Waals surface area contributed by atoms with Crippen molar-refractivity contribution in [1.29, 1.82) is 0 Å². The number of aliphatic imine (C=N–C) groups is 1. The van der Waals surface area contributed by atoms with E-state index in [1.165, 1.54) is 25.9 Å². The predicted octanol–water partition coefficient (Wildman–Crippen LogP) is 1.65. The van der Waals surface area contributed by atoms with E-state index in [4.69, 9.17) is 24.4 Å². The number of unbranched alkanes of at least 4 members (excludes halogenated alkanes) is 2. The van der Waals surface area contributed by atoms with Gasteiger partial charge in [-0.2, -0.15) is 0 Å². The Kier molecular flexibility index (Phi) is 22.6.